The van der Waals surface area contributed by atoms with E-state index >= 15 is 0 Å². The number of hydrogen-bond donors (Lipinski definition) is 0. The van der Waals surface area contributed by atoms with E-state index in [1.807, 2.05) is 0 Å². The Labute approximate surface area is 50.0 Å². The molecule has 2 aliphatic rings. The van der Waals surface area contributed by atoms with Gasteiger partial charge in [0, 0.05) is 18.8 Å². The molecule has 1 heteroatoms. The Morgan fingerprint density at radius 3 is 2.75 bits per heavy atom. The first-order chi connectivity index (χ1) is 3.86. The fourth-order valence-corrected chi connectivity index (χ4v) is 1.75. The zero-order valence-electron chi connectivity index (χ0n) is 5.06. The van der Waals surface area contributed by atoms with Gasteiger partial charge in [-0.2, -0.15) is 0 Å². The highest BCUT2D eigenvalue weighted by molar-refractivity contribution is 5.06. The quantitative estimate of drug-likeness (QED) is 0.452. The highest BCUT2D eigenvalue weighted by Crippen LogP contribution is 2.33. The van der Waals surface area contributed by atoms with Crippen molar-refractivity contribution >= 4 is 0 Å². The van der Waals surface area contributed by atoms with Gasteiger partial charge in [-0.15, -0.1) is 0 Å². The largest absolute Gasteiger partial charge is 0.375 e. The number of fused-ring (bicyclic) bond motifs is 2. The van der Waals surface area contributed by atoms with E-state index in [1.165, 1.54) is 31.6 Å². The maximum absolute atomic E-state index is 3.96. The third-order valence-corrected chi connectivity index (χ3v) is 2.26. The van der Waals surface area contributed by atoms with Crippen LogP contribution >= 0.6 is 0 Å². The van der Waals surface area contributed by atoms with E-state index in [-0.39, 0.29) is 0 Å². The minimum absolute atomic E-state index is 0.975. The number of hydrogen-bond acceptors (Lipinski definition) is 1. The minimum Gasteiger partial charge on any atom is -0.375 e. The van der Waals surface area contributed by atoms with Gasteiger partial charge < -0.3 is 4.90 Å². The number of nitrogens with zero attached hydrogens (tertiary/aromatic N) is 1. The summed E-state index contributed by atoms with van der Waals surface area (Å²) in [5.74, 6) is 0.975. The summed E-state index contributed by atoms with van der Waals surface area (Å²) in [7, 11) is 0. The molecular weight excluding hydrogens is 98.1 g/mol. The number of piperidine rings is 1. The SMILES string of the molecule is C=C1CC2CCN1C2. The molecule has 0 aromatic heterocycles. The van der Waals surface area contributed by atoms with E-state index in [0.717, 1.165) is 5.92 Å². The molecule has 0 N–H and O–H groups in total. The third-order valence-electron chi connectivity index (χ3n) is 2.26. The summed E-state index contributed by atoms with van der Waals surface area (Å²) in [6, 6.07) is 0. The summed E-state index contributed by atoms with van der Waals surface area (Å²) in [5.41, 5.74) is 1.38. The van der Waals surface area contributed by atoms with E-state index in [4.69, 9.17) is 0 Å². The van der Waals surface area contributed by atoms with E-state index in [2.05, 4.69) is 11.5 Å². The molecule has 0 radical (unpaired) electrons. The van der Waals surface area contributed by atoms with Crippen LogP contribution in [0.5, 0.6) is 0 Å². The molecule has 44 valence electrons. The first-order valence-corrected chi connectivity index (χ1v) is 3.29. The molecule has 0 amide bonds. The van der Waals surface area contributed by atoms with Gasteiger partial charge in [-0.25, -0.2) is 0 Å². The molecule has 2 bridgehead atoms. The molecule has 0 saturated carbocycles. The molecule has 0 aromatic carbocycles. The van der Waals surface area contributed by atoms with Crippen LogP contribution in [0.2, 0.25) is 0 Å². The second-order valence-corrected chi connectivity index (χ2v) is 2.87. The lowest BCUT2D eigenvalue weighted by molar-refractivity contribution is 0.443. The lowest BCUT2D eigenvalue weighted by atomic mass is 10.1. The monoisotopic (exact) mass is 109 g/mol. The van der Waals surface area contributed by atoms with Crippen LogP contribution in [0.4, 0.5) is 0 Å². The van der Waals surface area contributed by atoms with Crippen molar-refractivity contribution in [3.05, 3.63) is 12.3 Å². The normalized spacial score (nSPS) is 34.8. The molecule has 0 aromatic rings. The Bertz CT molecular complexity index is 128. The van der Waals surface area contributed by atoms with Crippen molar-refractivity contribution < 1.29 is 0 Å². The summed E-state index contributed by atoms with van der Waals surface area (Å²) < 4.78 is 0. The molecule has 1 nitrogen and oxygen atoms in total. The zero-order chi connectivity index (χ0) is 5.56. The van der Waals surface area contributed by atoms with Crippen molar-refractivity contribution in [1.82, 2.24) is 4.90 Å². The Morgan fingerprint density at radius 2 is 2.50 bits per heavy atom. The van der Waals surface area contributed by atoms with Gasteiger partial charge in [0.25, 0.3) is 0 Å². The van der Waals surface area contributed by atoms with Crippen LogP contribution in [0.1, 0.15) is 12.8 Å². The van der Waals surface area contributed by atoms with Gasteiger partial charge in [0.05, 0.1) is 0 Å². The van der Waals surface area contributed by atoms with Crippen molar-refractivity contribution in [1.29, 1.82) is 0 Å². The zero-order valence-corrected chi connectivity index (χ0v) is 5.06. The molecule has 2 aliphatic heterocycles. The Hall–Kier alpha value is -0.460. The van der Waals surface area contributed by atoms with Crippen LogP contribution < -0.4 is 0 Å². The van der Waals surface area contributed by atoms with E-state index in [0.29, 0.717) is 0 Å². The predicted octanol–water partition coefficient (Wildman–Crippen LogP) is 1.23. The standard InChI is InChI=1S/C7H11N/c1-6-4-7-2-3-8(6)5-7/h7H,1-5H2. The van der Waals surface area contributed by atoms with Crippen molar-refractivity contribution in [3.63, 3.8) is 0 Å². The highest BCUT2D eigenvalue weighted by atomic mass is 15.2. The lowest BCUT2D eigenvalue weighted by Gasteiger charge is -2.15. The van der Waals surface area contributed by atoms with E-state index in [9.17, 15) is 0 Å². The van der Waals surface area contributed by atoms with Gasteiger partial charge in [0.1, 0.15) is 0 Å². The molecule has 2 saturated heterocycles. The fraction of sp³-hybridized carbons (Fsp3) is 0.714. The Morgan fingerprint density at radius 1 is 1.62 bits per heavy atom. The summed E-state index contributed by atoms with van der Waals surface area (Å²) in [6.45, 7) is 6.55. The predicted molar refractivity (Wildman–Crippen MR) is 33.4 cm³/mol. The van der Waals surface area contributed by atoms with Gasteiger partial charge in [0.2, 0.25) is 0 Å². The van der Waals surface area contributed by atoms with Crippen LogP contribution in [-0.2, 0) is 0 Å². The molecule has 1 atom stereocenters. The van der Waals surface area contributed by atoms with Crippen molar-refractivity contribution in [2.45, 2.75) is 12.8 Å². The van der Waals surface area contributed by atoms with Crippen molar-refractivity contribution in [2.75, 3.05) is 13.1 Å². The van der Waals surface area contributed by atoms with E-state index < -0.39 is 0 Å². The second kappa shape index (κ2) is 1.28. The van der Waals surface area contributed by atoms with Crippen LogP contribution in [0.15, 0.2) is 12.3 Å². The first-order valence-electron chi connectivity index (χ1n) is 3.29. The molecule has 0 aliphatic carbocycles. The molecule has 0 spiro atoms. The third kappa shape index (κ3) is 0.417. The van der Waals surface area contributed by atoms with Gasteiger partial charge in [-0.3, -0.25) is 0 Å². The number of allylic oxidation sites excluding steroid dienone is 1. The molecule has 2 fully saturated rings. The van der Waals surface area contributed by atoms with Crippen LogP contribution in [-0.4, -0.2) is 18.0 Å². The summed E-state index contributed by atoms with van der Waals surface area (Å²) in [6.07, 6.45) is 2.69. The topological polar surface area (TPSA) is 3.24 Å². The molecular formula is C7H11N. The Balaban J connectivity index is 2.22. The average Bonchev–Trinajstić information content (AvgIpc) is 2.23. The van der Waals surface area contributed by atoms with Gasteiger partial charge in [-0.05, 0) is 18.8 Å². The maximum atomic E-state index is 3.96. The lowest BCUT2D eigenvalue weighted by Crippen LogP contribution is -2.13. The first kappa shape index (κ1) is 4.42. The summed E-state index contributed by atoms with van der Waals surface area (Å²) in [5, 5.41) is 0. The Kier molecular flexibility index (Phi) is 0.706. The number of rotatable bonds is 0. The average molecular weight is 109 g/mol. The maximum Gasteiger partial charge on any atom is 0.0207 e. The highest BCUT2D eigenvalue weighted by Gasteiger charge is 2.30. The molecule has 2 heterocycles. The van der Waals surface area contributed by atoms with Crippen molar-refractivity contribution in [3.8, 4) is 0 Å². The second-order valence-electron chi connectivity index (χ2n) is 2.87. The van der Waals surface area contributed by atoms with Crippen LogP contribution in [0.25, 0.3) is 0 Å². The van der Waals surface area contributed by atoms with Gasteiger partial charge in [0.15, 0.2) is 0 Å². The van der Waals surface area contributed by atoms with Gasteiger partial charge >= 0.3 is 0 Å². The molecule has 1 unspecified atom stereocenters. The van der Waals surface area contributed by atoms with Crippen LogP contribution in [0.3, 0.4) is 0 Å². The fourth-order valence-electron chi connectivity index (χ4n) is 1.75. The minimum atomic E-state index is 0.975. The van der Waals surface area contributed by atoms with Gasteiger partial charge in [-0.1, -0.05) is 6.58 Å². The van der Waals surface area contributed by atoms with Crippen LogP contribution in [0, 0.1) is 5.92 Å². The van der Waals surface area contributed by atoms with Crippen molar-refractivity contribution in [2.24, 2.45) is 5.92 Å². The smallest absolute Gasteiger partial charge is 0.0207 e. The summed E-state index contributed by atoms with van der Waals surface area (Å²) in [4.78, 5) is 2.41. The molecule has 8 heavy (non-hydrogen) atoms. The summed E-state index contributed by atoms with van der Waals surface area (Å²) >= 11 is 0. The molecule has 2 rings (SSSR count). The van der Waals surface area contributed by atoms with E-state index in [1.54, 1.807) is 0 Å².